The van der Waals surface area contributed by atoms with Crippen LogP contribution in [0.1, 0.15) is 5.56 Å². The maximum atomic E-state index is 13.3. The van der Waals surface area contributed by atoms with Crippen LogP contribution in [0.3, 0.4) is 0 Å². The molecule has 0 saturated carbocycles. The van der Waals surface area contributed by atoms with Crippen LogP contribution in [-0.2, 0) is 6.18 Å². The molecule has 0 aliphatic rings. The van der Waals surface area contributed by atoms with E-state index in [1.165, 1.54) is 24.3 Å². The lowest BCUT2D eigenvalue weighted by molar-refractivity contribution is -0.384. The fourth-order valence-corrected chi connectivity index (χ4v) is 4.56. The van der Waals surface area contributed by atoms with Crippen molar-refractivity contribution in [3.63, 3.8) is 0 Å². The molecular formula is C15H7F3N6O2S2. The highest BCUT2D eigenvalue weighted by Crippen LogP contribution is 2.40. The summed E-state index contributed by atoms with van der Waals surface area (Å²) in [6.07, 6.45) is -4.55. The molecule has 0 spiro atoms. The van der Waals surface area contributed by atoms with Gasteiger partial charge in [0.2, 0.25) is 5.82 Å². The number of nitrogens with one attached hydrogen (secondary N) is 1. The van der Waals surface area contributed by atoms with E-state index in [1.54, 1.807) is 0 Å². The Morgan fingerprint density at radius 1 is 1.18 bits per heavy atom. The number of non-ortho nitro benzene ring substituents is 1. The van der Waals surface area contributed by atoms with Gasteiger partial charge >= 0.3 is 6.18 Å². The van der Waals surface area contributed by atoms with Crippen molar-refractivity contribution in [2.24, 2.45) is 0 Å². The van der Waals surface area contributed by atoms with Crippen LogP contribution in [0.25, 0.3) is 21.6 Å². The van der Waals surface area contributed by atoms with E-state index in [9.17, 15) is 23.3 Å². The lowest BCUT2D eigenvalue weighted by Crippen LogP contribution is -2.05. The van der Waals surface area contributed by atoms with Gasteiger partial charge in [-0.05, 0) is 29.5 Å². The fourth-order valence-electron chi connectivity index (χ4n) is 2.39. The van der Waals surface area contributed by atoms with Crippen LogP contribution in [0.15, 0.2) is 45.6 Å². The molecule has 142 valence electrons. The van der Waals surface area contributed by atoms with E-state index in [4.69, 9.17) is 0 Å². The van der Waals surface area contributed by atoms with E-state index in [1.807, 2.05) is 0 Å². The third kappa shape index (κ3) is 3.66. The Bertz CT molecular complexity index is 1180. The molecule has 0 bridgehead atoms. The number of H-pyrrole nitrogens is 1. The molecule has 2 aromatic heterocycles. The lowest BCUT2D eigenvalue weighted by Gasteiger charge is -2.10. The second-order valence-corrected chi connectivity index (χ2v) is 7.82. The third-order valence-corrected chi connectivity index (χ3v) is 5.66. The number of fused-ring (bicyclic) bond motifs is 1. The summed E-state index contributed by atoms with van der Waals surface area (Å²) in [4.78, 5) is 15.0. The van der Waals surface area contributed by atoms with E-state index >= 15 is 0 Å². The van der Waals surface area contributed by atoms with E-state index in [0.29, 0.717) is 14.6 Å². The van der Waals surface area contributed by atoms with Crippen molar-refractivity contribution in [3.05, 3.63) is 52.1 Å². The number of thiazole rings is 1. The molecule has 2 heterocycles. The summed E-state index contributed by atoms with van der Waals surface area (Å²) < 4.78 is 40.8. The molecule has 0 fully saturated rings. The van der Waals surface area contributed by atoms with Gasteiger partial charge in [0.15, 0.2) is 4.34 Å². The number of aromatic amines is 1. The van der Waals surface area contributed by atoms with Crippen molar-refractivity contribution in [3.8, 4) is 11.4 Å². The Labute approximate surface area is 161 Å². The van der Waals surface area contributed by atoms with Crippen LogP contribution < -0.4 is 0 Å². The van der Waals surface area contributed by atoms with E-state index < -0.39 is 16.7 Å². The minimum absolute atomic E-state index is 0.0351. The van der Waals surface area contributed by atoms with Gasteiger partial charge < -0.3 is 0 Å². The van der Waals surface area contributed by atoms with Gasteiger partial charge in [-0.2, -0.15) is 18.4 Å². The molecule has 1 N–H and O–H groups in total. The van der Waals surface area contributed by atoms with Crippen molar-refractivity contribution in [1.29, 1.82) is 0 Å². The maximum Gasteiger partial charge on any atom is 0.416 e. The number of benzene rings is 2. The number of aromatic nitrogens is 5. The quantitative estimate of drug-likeness (QED) is 0.378. The van der Waals surface area contributed by atoms with Crippen LogP contribution in [0, 0.1) is 10.1 Å². The zero-order valence-electron chi connectivity index (χ0n) is 13.5. The molecule has 0 atom stereocenters. The highest BCUT2D eigenvalue weighted by atomic mass is 32.2. The predicted octanol–water partition coefficient (Wildman–Crippen LogP) is 4.55. The first kappa shape index (κ1) is 18.3. The van der Waals surface area contributed by atoms with Crippen molar-refractivity contribution in [2.75, 3.05) is 0 Å². The number of alkyl halides is 3. The monoisotopic (exact) mass is 424 g/mol. The Hall–Kier alpha value is -3.06. The molecule has 8 nitrogen and oxygen atoms in total. The zero-order valence-corrected chi connectivity index (χ0v) is 15.1. The molecule has 4 rings (SSSR count). The Kier molecular flexibility index (Phi) is 4.47. The maximum absolute atomic E-state index is 13.3. The summed E-state index contributed by atoms with van der Waals surface area (Å²) in [7, 11) is 0. The van der Waals surface area contributed by atoms with Crippen LogP contribution >= 0.6 is 23.1 Å². The van der Waals surface area contributed by atoms with Gasteiger partial charge in [0.05, 0.1) is 20.7 Å². The van der Waals surface area contributed by atoms with Gasteiger partial charge in [-0.15, -0.1) is 21.5 Å². The minimum atomic E-state index is -4.55. The number of hydrogen-bond donors (Lipinski definition) is 1. The molecule has 0 radical (unpaired) electrons. The van der Waals surface area contributed by atoms with Gasteiger partial charge in [-0.3, -0.25) is 10.1 Å². The highest BCUT2D eigenvalue weighted by molar-refractivity contribution is 8.01. The third-order valence-electron chi connectivity index (χ3n) is 3.61. The minimum Gasteiger partial charge on any atom is -0.258 e. The van der Waals surface area contributed by atoms with Crippen molar-refractivity contribution >= 4 is 39.0 Å². The van der Waals surface area contributed by atoms with Gasteiger partial charge in [0, 0.05) is 22.6 Å². The molecule has 0 amide bonds. The van der Waals surface area contributed by atoms with Gasteiger partial charge in [0.25, 0.3) is 5.69 Å². The molecule has 0 unspecified atom stereocenters. The average Bonchev–Trinajstić information content (AvgIpc) is 3.29. The molecular weight excluding hydrogens is 417 g/mol. The largest absolute Gasteiger partial charge is 0.416 e. The van der Waals surface area contributed by atoms with E-state index in [-0.39, 0.29) is 22.0 Å². The van der Waals surface area contributed by atoms with Crippen LogP contribution in [0.4, 0.5) is 18.9 Å². The molecule has 2 aromatic carbocycles. The number of nitro benzene ring substituents is 1. The highest BCUT2D eigenvalue weighted by Gasteiger charge is 2.32. The topological polar surface area (TPSA) is 110 Å². The number of halogens is 3. The predicted molar refractivity (Wildman–Crippen MR) is 95.0 cm³/mol. The summed E-state index contributed by atoms with van der Waals surface area (Å²) in [6.45, 7) is 0. The first-order valence-electron chi connectivity index (χ1n) is 7.48. The van der Waals surface area contributed by atoms with Gasteiger partial charge in [-0.25, -0.2) is 4.98 Å². The zero-order chi connectivity index (χ0) is 19.9. The van der Waals surface area contributed by atoms with Gasteiger partial charge in [-0.1, -0.05) is 11.8 Å². The second kappa shape index (κ2) is 6.83. The normalized spacial score (nSPS) is 11.8. The molecule has 13 heteroatoms. The Morgan fingerprint density at radius 3 is 2.68 bits per heavy atom. The van der Waals surface area contributed by atoms with Gasteiger partial charge in [0.1, 0.15) is 0 Å². The van der Waals surface area contributed by atoms with Crippen LogP contribution in [0.2, 0.25) is 0 Å². The molecule has 0 aliphatic heterocycles. The second-order valence-electron chi connectivity index (χ2n) is 5.47. The number of nitrogens with zero attached hydrogens (tertiary/aromatic N) is 5. The summed E-state index contributed by atoms with van der Waals surface area (Å²) in [5.41, 5.74) is -0.244. The number of rotatable bonds is 4. The van der Waals surface area contributed by atoms with Crippen molar-refractivity contribution < 1.29 is 18.1 Å². The SMILES string of the molecule is O=[N+]([O-])c1ccc2nc(Sc3cc(-c4nn[nH]n4)cc(C(F)(F)F)c3)sc2c1. The molecule has 0 saturated heterocycles. The van der Waals surface area contributed by atoms with Crippen LogP contribution in [-0.4, -0.2) is 30.5 Å². The molecule has 0 aliphatic carbocycles. The summed E-state index contributed by atoms with van der Waals surface area (Å²) in [6, 6.07) is 7.66. The summed E-state index contributed by atoms with van der Waals surface area (Å²) >= 11 is 2.18. The average molecular weight is 424 g/mol. The summed E-state index contributed by atoms with van der Waals surface area (Å²) in [5.74, 6) is 0.0351. The Morgan fingerprint density at radius 2 is 2.00 bits per heavy atom. The van der Waals surface area contributed by atoms with Crippen molar-refractivity contribution in [2.45, 2.75) is 15.4 Å². The standard InChI is InChI=1S/C15H7F3N6O2S2/c16-15(17,18)8-3-7(13-20-22-23-21-13)4-10(5-8)27-14-19-11-2-1-9(24(25)26)6-12(11)28-14/h1-6H,(H,20,21,22,23). The fraction of sp³-hybridized carbons (Fsp3) is 0.0667. The first-order chi connectivity index (χ1) is 13.3. The number of hydrogen-bond acceptors (Lipinski definition) is 8. The first-order valence-corrected chi connectivity index (χ1v) is 9.12. The smallest absolute Gasteiger partial charge is 0.258 e. The molecule has 4 aromatic rings. The Balaban J connectivity index is 1.73. The number of nitro groups is 1. The number of tetrazole rings is 1. The molecule has 28 heavy (non-hydrogen) atoms. The van der Waals surface area contributed by atoms with Crippen LogP contribution in [0.5, 0.6) is 0 Å². The van der Waals surface area contributed by atoms with E-state index in [2.05, 4.69) is 25.6 Å². The summed E-state index contributed by atoms with van der Waals surface area (Å²) in [5, 5.41) is 23.9. The van der Waals surface area contributed by atoms with E-state index in [0.717, 1.165) is 35.2 Å². The van der Waals surface area contributed by atoms with Crippen molar-refractivity contribution in [1.82, 2.24) is 25.6 Å². The lowest BCUT2D eigenvalue weighted by atomic mass is 10.1.